The summed E-state index contributed by atoms with van der Waals surface area (Å²) in [6, 6.07) is 0. The molecular weight excluding hydrogens is 486 g/mol. The zero-order chi connectivity index (χ0) is 7.71. The van der Waals surface area contributed by atoms with Crippen LogP contribution in [0.3, 0.4) is 0 Å². The van der Waals surface area contributed by atoms with Crippen LogP contribution < -0.4 is 28.8 Å². The van der Waals surface area contributed by atoms with E-state index in [1.54, 1.807) is 0 Å². The van der Waals surface area contributed by atoms with Crippen LogP contribution in [0.1, 0.15) is 0 Å². The Balaban J connectivity index is -0.000000320. The molecule has 0 aromatic heterocycles. The molecule has 7 nitrogen and oxygen atoms in total. The summed E-state index contributed by atoms with van der Waals surface area (Å²) in [6.07, 6.45) is 0. The van der Waals surface area contributed by atoms with Crippen LogP contribution in [0.5, 0.6) is 0 Å². The molecule has 0 aliphatic heterocycles. The third kappa shape index (κ3) is 19.2. The summed E-state index contributed by atoms with van der Waals surface area (Å²) in [7, 11) is -11.8. The predicted octanol–water partition coefficient (Wildman–Crippen LogP) is -7.96. The average molecular weight is 486 g/mol. The summed E-state index contributed by atoms with van der Waals surface area (Å²) >= 11 is 0. The predicted molar refractivity (Wildman–Crippen MR) is 12.6 cm³/mol. The van der Waals surface area contributed by atoms with Crippen molar-refractivity contribution in [3.05, 3.63) is 0 Å². The van der Waals surface area contributed by atoms with Crippen LogP contribution in [0, 0.1) is 77.2 Å². The van der Waals surface area contributed by atoms with Gasteiger partial charge in [0.15, 0.2) is 0 Å². The second-order valence-electron chi connectivity index (χ2n) is 1.10. The number of hydrogen-bond acceptors (Lipinski definition) is 7. The van der Waals surface area contributed by atoms with Crippen LogP contribution in [0.15, 0.2) is 0 Å². The van der Waals surface area contributed by atoms with Gasteiger partial charge in [-0.25, -0.2) is 0 Å². The Hall–Kier alpha value is 2.73. The van der Waals surface area contributed by atoms with Gasteiger partial charge in [0.25, 0.3) is 0 Å². The third-order valence-electron chi connectivity index (χ3n) is 0.250. The average Bonchev–Trinajstić information content (AvgIpc) is 1.14. The molecule has 0 atom stereocenters. The van der Waals surface area contributed by atoms with Gasteiger partial charge in [0.1, 0.15) is 0 Å². The van der Waals surface area contributed by atoms with Gasteiger partial charge in [-0.1, -0.05) is 0 Å². The quantitative estimate of drug-likeness (QED) is 0.353. The van der Waals surface area contributed by atoms with Crippen molar-refractivity contribution in [2.24, 2.45) is 0 Å². The van der Waals surface area contributed by atoms with Crippen molar-refractivity contribution in [2.75, 3.05) is 0 Å². The first-order valence-electron chi connectivity index (χ1n) is 1.63. The Labute approximate surface area is 126 Å². The molecule has 0 N–H and O–H groups in total. The van der Waals surface area contributed by atoms with Crippen molar-refractivity contribution in [1.82, 2.24) is 0 Å². The first-order chi connectivity index (χ1) is 3.71. The first-order valence-corrected chi connectivity index (χ1v) is 4.90. The molecular formula is O7Si2Tb2. The van der Waals surface area contributed by atoms with Crippen molar-refractivity contribution >= 4 is 18.1 Å². The van der Waals surface area contributed by atoms with Crippen LogP contribution >= 0.6 is 0 Å². The Kier molecular flexibility index (Phi) is 12.4. The maximum absolute atomic E-state index is 9.36. The van der Waals surface area contributed by atoms with E-state index < -0.39 is 18.1 Å². The van der Waals surface area contributed by atoms with Gasteiger partial charge < -0.3 is 32.9 Å². The molecule has 11 heavy (non-hydrogen) atoms. The maximum atomic E-state index is 9.36. The molecule has 0 aromatic carbocycles. The molecule has 0 fully saturated rings. The SMILES string of the molecule is [O-][Si]([O-])([O-])O[Si]([O-])([O-])[O-].[Tb+3].[Tb+3]. The van der Waals surface area contributed by atoms with Gasteiger partial charge >= 0.3 is 77.2 Å². The molecule has 0 unspecified atom stereocenters. The monoisotopic (exact) mass is 486 g/mol. The van der Waals surface area contributed by atoms with E-state index in [1.165, 1.54) is 0 Å². The summed E-state index contributed by atoms with van der Waals surface area (Å²) in [5, 5.41) is 0. The summed E-state index contributed by atoms with van der Waals surface area (Å²) < 4.78 is 2.57. The van der Waals surface area contributed by atoms with E-state index in [0.29, 0.717) is 0 Å². The third-order valence-corrected chi connectivity index (χ3v) is 2.25. The van der Waals surface area contributed by atoms with E-state index >= 15 is 0 Å². The second kappa shape index (κ2) is 7.07. The molecule has 0 aromatic rings. The molecule has 68 valence electrons. The summed E-state index contributed by atoms with van der Waals surface area (Å²) in [4.78, 5) is 56.2. The van der Waals surface area contributed by atoms with E-state index in [9.17, 15) is 28.8 Å². The molecule has 0 amide bonds. The number of rotatable bonds is 2. The Bertz CT molecular complexity index is 79.6. The first kappa shape index (κ1) is 19.3. The summed E-state index contributed by atoms with van der Waals surface area (Å²) in [6.45, 7) is 0. The van der Waals surface area contributed by atoms with Crippen molar-refractivity contribution in [2.45, 2.75) is 0 Å². The Morgan fingerprint density at radius 1 is 0.636 bits per heavy atom. The largest absolute Gasteiger partial charge is 3.00 e. The zero-order valence-electron chi connectivity index (χ0n) is 4.52. The molecule has 0 aliphatic carbocycles. The summed E-state index contributed by atoms with van der Waals surface area (Å²) in [5.74, 6) is 0. The Morgan fingerprint density at radius 3 is 0.818 bits per heavy atom. The van der Waals surface area contributed by atoms with E-state index in [2.05, 4.69) is 4.12 Å². The molecule has 0 saturated heterocycles. The van der Waals surface area contributed by atoms with Crippen molar-refractivity contribution in [1.29, 1.82) is 0 Å². The minimum absolute atomic E-state index is 0. The fourth-order valence-corrected chi connectivity index (χ4v) is 1.38. The van der Waals surface area contributed by atoms with Crippen molar-refractivity contribution in [3.63, 3.8) is 0 Å². The topological polar surface area (TPSA) is 148 Å². The van der Waals surface area contributed by atoms with E-state index in [-0.39, 0.29) is 77.2 Å². The van der Waals surface area contributed by atoms with Gasteiger partial charge in [0, 0.05) is 0 Å². The van der Waals surface area contributed by atoms with Gasteiger partial charge in [-0.05, 0) is 0 Å². The van der Waals surface area contributed by atoms with E-state index in [4.69, 9.17) is 0 Å². The second-order valence-corrected chi connectivity index (χ2v) is 3.92. The maximum Gasteiger partial charge on any atom is 3.00 e. The standard InChI is InChI=1S/O7Si2.2Tb/c1-8(2,3)7-9(4,5)6;;/q-6;2*+3. The molecule has 0 aliphatic rings. The van der Waals surface area contributed by atoms with Gasteiger partial charge in [-0.2, -0.15) is 0 Å². The fourth-order valence-electron chi connectivity index (χ4n) is 0.153. The smallest absolute Gasteiger partial charge is 0.862 e. The van der Waals surface area contributed by atoms with Crippen LogP contribution in [0.25, 0.3) is 0 Å². The Morgan fingerprint density at radius 2 is 0.818 bits per heavy atom. The number of hydrogen-bond donors (Lipinski definition) is 0. The minimum atomic E-state index is -5.92. The summed E-state index contributed by atoms with van der Waals surface area (Å²) in [5.41, 5.74) is 0. The molecule has 0 saturated carbocycles. The van der Waals surface area contributed by atoms with Gasteiger partial charge in [0.2, 0.25) is 0 Å². The molecule has 0 rings (SSSR count). The van der Waals surface area contributed by atoms with Gasteiger partial charge in [-0.3, -0.25) is 0 Å². The van der Waals surface area contributed by atoms with Crippen LogP contribution in [-0.2, 0) is 4.12 Å². The zero-order valence-corrected chi connectivity index (χ0v) is 10.8. The van der Waals surface area contributed by atoms with Gasteiger partial charge in [0.05, 0.1) is 0 Å². The molecule has 0 radical (unpaired) electrons. The van der Waals surface area contributed by atoms with E-state index in [1.807, 2.05) is 0 Å². The van der Waals surface area contributed by atoms with E-state index in [0.717, 1.165) is 0 Å². The molecule has 0 heterocycles. The van der Waals surface area contributed by atoms with Crippen LogP contribution in [-0.4, -0.2) is 18.1 Å². The van der Waals surface area contributed by atoms with Crippen LogP contribution in [0.2, 0.25) is 0 Å². The minimum Gasteiger partial charge on any atom is -0.862 e. The molecule has 0 bridgehead atoms. The van der Waals surface area contributed by atoms with Crippen molar-refractivity contribution in [3.8, 4) is 0 Å². The van der Waals surface area contributed by atoms with Crippen molar-refractivity contribution < 1.29 is 110 Å². The molecule has 11 heteroatoms. The molecule has 0 spiro atoms. The van der Waals surface area contributed by atoms with Gasteiger partial charge in [-0.15, -0.1) is 18.1 Å². The normalized spacial score (nSPS) is 11.5. The fraction of sp³-hybridized carbons (Fsp3) is 0. The van der Waals surface area contributed by atoms with Crippen LogP contribution in [0.4, 0.5) is 0 Å².